The van der Waals surface area contributed by atoms with Gasteiger partial charge in [-0.05, 0) is 23.5 Å². The van der Waals surface area contributed by atoms with Gasteiger partial charge in [-0.25, -0.2) is 0 Å². The highest BCUT2D eigenvalue weighted by Crippen LogP contribution is 2.24. The number of rotatable bonds is 3. The largest absolute Gasteiger partial charge is 0.271 e. The van der Waals surface area contributed by atoms with E-state index >= 15 is 0 Å². The van der Waals surface area contributed by atoms with Gasteiger partial charge in [-0.1, -0.05) is 45.0 Å². The Labute approximate surface area is 105 Å². The fourth-order valence-corrected chi connectivity index (χ4v) is 1.69. The first-order chi connectivity index (χ1) is 7.99. The summed E-state index contributed by atoms with van der Waals surface area (Å²) in [4.78, 5) is 0. The van der Waals surface area contributed by atoms with Gasteiger partial charge < -0.3 is 0 Å². The number of hydrogen-bond acceptors (Lipinski definition) is 2. The lowest BCUT2D eigenvalue weighted by Crippen LogP contribution is -2.27. The maximum Gasteiger partial charge on any atom is 0.0569 e. The molecule has 2 heteroatoms. The SMILES string of the molecule is CC#CCC(NN)c1ccc(C(C)(C)C)cc1. The predicted molar refractivity (Wildman–Crippen MR) is 73.3 cm³/mol. The summed E-state index contributed by atoms with van der Waals surface area (Å²) >= 11 is 0. The highest BCUT2D eigenvalue weighted by Gasteiger charge is 2.14. The van der Waals surface area contributed by atoms with Crippen LogP contribution in [-0.2, 0) is 5.41 Å². The average Bonchev–Trinajstić information content (AvgIpc) is 2.29. The first-order valence-electron chi connectivity index (χ1n) is 5.95. The van der Waals surface area contributed by atoms with E-state index in [1.54, 1.807) is 0 Å². The summed E-state index contributed by atoms with van der Waals surface area (Å²) in [6.07, 6.45) is 0.738. The van der Waals surface area contributed by atoms with Crippen LogP contribution in [0.2, 0.25) is 0 Å². The van der Waals surface area contributed by atoms with E-state index in [1.807, 2.05) is 6.92 Å². The molecule has 0 saturated heterocycles. The summed E-state index contributed by atoms with van der Waals surface area (Å²) < 4.78 is 0. The molecule has 0 aromatic heterocycles. The third-order valence-corrected chi connectivity index (χ3v) is 2.86. The molecule has 0 aliphatic heterocycles. The minimum absolute atomic E-state index is 0.108. The summed E-state index contributed by atoms with van der Waals surface area (Å²) in [7, 11) is 0. The van der Waals surface area contributed by atoms with Crippen LogP contribution in [0.4, 0.5) is 0 Å². The van der Waals surface area contributed by atoms with Crippen molar-refractivity contribution >= 4 is 0 Å². The number of hydrogen-bond donors (Lipinski definition) is 2. The molecule has 1 atom stereocenters. The van der Waals surface area contributed by atoms with Gasteiger partial charge in [0.05, 0.1) is 6.04 Å². The molecule has 0 radical (unpaired) electrons. The van der Waals surface area contributed by atoms with Crippen LogP contribution in [0.15, 0.2) is 24.3 Å². The Morgan fingerprint density at radius 1 is 1.24 bits per heavy atom. The van der Waals surface area contributed by atoms with Crippen LogP contribution in [0.1, 0.15) is 51.3 Å². The molecule has 1 aromatic rings. The third kappa shape index (κ3) is 3.89. The Hall–Kier alpha value is -1.30. The normalized spacial score (nSPS) is 12.8. The molecule has 1 rings (SSSR count). The summed E-state index contributed by atoms with van der Waals surface area (Å²) in [5.41, 5.74) is 5.51. The van der Waals surface area contributed by atoms with Crippen LogP contribution in [0.3, 0.4) is 0 Å². The van der Waals surface area contributed by atoms with Gasteiger partial charge in [-0.15, -0.1) is 11.8 Å². The third-order valence-electron chi connectivity index (χ3n) is 2.86. The Balaban J connectivity index is 2.87. The van der Waals surface area contributed by atoms with E-state index in [1.165, 1.54) is 11.1 Å². The van der Waals surface area contributed by atoms with E-state index in [-0.39, 0.29) is 11.5 Å². The van der Waals surface area contributed by atoms with Gasteiger partial charge in [0.2, 0.25) is 0 Å². The van der Waals surface area contributed by atoms with Crippen LogP contribution < -0.4 is 11.3 Å². The van der Waals surface area contributed by atoms with Crippen molar-refractivity contribution in [2.45, 2.75) is 45.6 Å². The van der Waals surface area contributed by atoms with Crippen molar-refractivity contribution in [3.8, 4) is 11.8 Å². The monoisotopic (exact) mass is 230 g/mol. The molecule has 0 spiro atoms. The highest BCUT2D eigenvalue weighted by atomic mass is 15.2. The van der Waals surface area contributed by atoms with Gasteiger partial charge in [-0.2, -0.15) is 0 Å². The molecule has 0 fully saturated rings. The molecule has 92 valence electrons. The second-order valence-corrected chi connectivity index (χ2v) is 5.22. The van der Waals surface area contributed by atoms with E-state index in [4.69, 9.17) is 5.84 Å². The maximum absolute atomic E-state index is 5.55. The Morgan fingerprint density at radius 3 is 2.24 bits per heavy atom. The Bertz CT molecular complexity index is 401. The Kier molecular flexibility index (Phi) is 4.74. The van der Waals surface area contributed by atoms with E-state index in [0.717, 1.165) is 6.42 Å². The smallest absolute Gasteiger partial charge is 0.0569 e. The van der Waals surface area contributed by atoms with Crippen molar-refractivity contribution in [3.63, 3.8) is 0 Å². The van der Waals surface area contributed by atoms with Crippen molar-refractivity contribution in [2.75, 3.05) is 0 Å². The number of nitrogens with two attached hydrogens (primary N) is 1. The van der Waals surface area contributed by atoms with Crippen LogP contribution in [0, 0.1) is 11.8 Å². The molecule has 17 heavy (non-hydrogen) atoms. The lowest BCUT2D eigenvalue weighted by Gasteiger charge is -2.20. The number of hydrazine groups is 1. The molecule has 0 aliphatic carbocycles. The molecule has 2 nitrogen and oxygen atoms in total. The van der Waals surface area contributed by atoms with Crippen molar-refractivity contribution < 1.29 is 0 Å². The standard InChI is InChI=1S/C15H22N2/c1-5-6-7-14(17-16)12-8-10-13(11-9-12)15(2,3)4/h8-11,14,17H,7,16H2,1-4H3. The summed E-state index contributed by atoms with van der Waals surface area (Å²) in [6.45, 7) is 8.48. The molecule has 3 N–H and O–H groups in total. The fraction of sp³-hybridized carbons (Fsp3) is 0.467. The van der Waals surface area contributed by atoms with Crippen LogP contribution in [0.5, 0.6) is 0 Å². The molecular formula is C15H22N2. The predicted octanol–water partition coefficient (Wildman–Crippen LogP) is 2.90. The maximum atomic E-state index is 5.55. The molecule has 0 bridgehead atoms. The van der Waals surface area contributed by atoms with E-state index in [2.05, 4.69) is 62.3 Å². The molecule has 0 heterocycles. The van der Waals surface area contributed by atoms with Gasteiger partial charge >= 0.3 is 0 Å². The van der Waals surface area contributed by atoms with Crippen molar-refractivity contribution in [2.24, 2.45) is 5.84 Å². The lowest BCUT2D eigenvalue weighted by molar-refractivity contribution is 0.563. The molecule has 1 aromatic carbocycles. The first-order valence-corrected chi connectivity index (χ1v) is 5.95. The van der Waals surface area contributed by atoms with Crippen molar-refractivity contribution in [1.82, 2.24) is 5.43 Å². The summed E-state index contributed by atoms with van der Waals surface area (Å²) in [6, 6.07) is 8.69. The van der Waals surface area contributed by atoms with Crippen LogP contribution >= 0.6 is 0 Å². The van der Waals surface area contributed by atoms with Gasteiger partial charge in [0.1, 0.15) is 0 Å². The molecular weight excluding hydrogens is 208 g/mol. The molecule has 0 aliphatic rings. The van der Waals surface area contributed by atoms with Crippen LogP contribution in [0.25, 0.3) is 0 Å². The van der Waals surface area contributed by atoms with Gasteiger partial charge in [-0.3, -0.25) is 11.3 Å². The second kappa shape index (κ2) is 5.86. The second-order valence-electron chi connectivity index (χ2n) is 5.22. The number of nitrogens with one attached hydrogen (secondary N) is 1. The number of benzene rings is 1. The average molecular weight is 230 g/mol. The first kappa shape index (κ1) is 13.8. The summed E-state index contributed by atoms with van der Waals surface area (Å²) in [5, 5.41) is 0. The topological polar surface area (TPSA) is 38.0 Å². The van der Waals surface area contributed by atoms with E-state index in [9.17, 15) is 0 Å². The zero-order valence-electron chi connectivity index (χ0n) is 11.2. The van der Waals surface area contributed by atoms with Gasteiger partial charge in [0, 0.05) is 6.42 Å². The van der Waals surface area contributed by atoms with Gasteiger partial charge in [0.25, 0.3) is 0 Å². The van der Waals surface area contributed by atoms with Crippen LogP contribution in [-0.4, -0.2) is 0 Å². The zero-order chi connectivity index (χ0) is 12.9. The Morgan fingerprint density at radius 2 is 1.82 bits per heavy atom. The minimum atomic E-state index is 0.108. The van der Waals surface area contributed by atoms with Crippen molar-refractivity contribution in [3.05, 3.63) is 35.4 Å². The molecule has 0 saturated carbocycles. The minimum Gasteiger partial charge on any atom is -0.271 e. The molecule has 0 amide bonds. The van der Waals surface area contributed by atoms with Gasteiger partial charge in [0.15, 0.2) is 0 Å². The lowest BCUT2D eigenvalue weighted by atomic mass is 9.86. The highest BCUT2D eigenvalue weighted by molar-refractivity contribution is 5.29. The quantitative estimate of drug-likeness (QED) is 0.476. The molecule has 1 unspecified atom stereocenters. The zero-order valence-corrected chi connectivity index (χ0v) is 11.2. The fourth-order valence-electron chi connectivity index (χ4n) is 1.69. The van der Waals surface area contributed by atoms with E-state index < -0.39 is 0 Å². The summed E-state index contributed by atoms with van der Waals surface area (Å²) in [5.74, 6) is 11.5. The van der Waals surface area contributed by atoms with Crippen molar-refractivity contribution in [1.29, 1.82) is 0 Å². The van der Waals surface area contributed by atoms with E-state index in [0.29, 0.717) is 0 Å².